The number of benzene rings is 1. The Labute approximate surface area is 144 Å². The summed E-state index contributed by atoms with van der Waals surface area (Å²) in [6.45, 7) is 2.85. The van der Waals surface area contributed by atoms with E-state index in [0.717, 1.165) is 53.8 Å². The van der Waals surface area contributed by atoms with Crippen LogP contribution in [0.1, 0.15) is 43.7 Å². The zero-order chi connectivity index (χ0) is 16.2. The molecule has 1 aromatic heterocycles. The van der Waals surface area contributed by atoms with Crippen LogP contribution in [0.4, 0.5) is 10.5 Å². The fraction of sp³-hybridized carbons (Fsp3) is 0.412. The summed E-state index contributed by atoms with van der Waals surface area (Å²) in [5, 5.41) is 7.12. The number of amides is 2. The molecule has 2 aromatic rings. The van der Waals surface area contributed by atoms with Crippen LogP contribution >= 0.6 is 15.9 Å². The maximum Gasteiger partial charge on any atom is 0.322 e. The Morgan fingerprint density at radius 1 is 1.43 bits per heavy atom. The van der Waals surface area contributed by atoms with Crippen molar-refractivity contribution in [1.82, 2.24) is 10.1 Å². The Bertz CT molecular complexity index is 669. The monoisotopic (exact) mass is 377 g/mol. The minimum atomic E-state index is -0.0881. The zero-order valence-corrected chi connectivity index (χ0v) is 14.7. The van der Waals surface area contributed by atoms with Gasteiger partial charge in [0, 0.05) is 29.2 Å². The van der Waals surface area contributed by atoms with E-state index in [1.807, 2.05) is 35.2 Å². The lowest BCUT2D eigenvalue weighted by Crippen LogP contribution is -2.34. The lowest BCUT2D eigenvalue weighted by Gasteiger charge is -2.23. The Balaban J connectivity index is 1.70. The summed E-state index contributed by atoms with van der Waals surface area (Å²) in [6.07, 6.45) is 3.80. The summed E-state index contributed by atoms with van der Waals surface area (Å²) in [5.41, 5.74) is 1.65. The van der Waals surface area contributed by atoms with Crippen molar-refractivity contribution in [2.75, 3.05) is 11.9 Å². The second kappa shape index (κ2) is 7.17. The van der Waals surface area contributed by atoms with Gasteiger partial charge in [0.2, 0.25) is 0 Å². The topological polar surface area (TPSA) is 58.4 Å². The highest BCUT2D eigenvalue weighted by molar-refractivity contribution is 9.10. The number of nitrogens with one attached hydrogen (secondary N) is 1. The summed E-state index contributed by atoms with van der Waals surface area (Å²) in [5.74, 6) is 0.891. The van der Waals surface area contributed by atoms with E-state index in [0.29, 0.717) is 0 Å². The van der Waals surface area contributed by atoms with Crippen molar-refractivity contribution in [2.45, 2.75) is 38.6 Å². The smallest absolute Gasteiger partial charge is 0.322 e. The van der Waals surface area contributed by atoms with E-state index < -0.39 is 0 Å². The third kappa shape index (κ3) is 3.75. The van der Waals surface area contributed by atoms with Crippen LogP contribution in [-0.4, -0.2) is 22.6 Å². The van der Waals surface area contributed by atoms with Gasteiger partial charge >= 0.3 is 6.03 Å². The zero-order valence-electron chi connectivity index (χ0n) is 13.1. The Kier molecular flexibility index (Phi) is 5.00. The molecule has 1 aromatic carbocycles. The van der Waals surface area contributed by atoms with Crippen molar-refractivity contribution in [2.24, 2.45) is 0 Å². The van der Waals surface area contributed by atoms with Gasteiger partial charge in [-0.05, 0) is 43.5 Å². The fourth-order valence-electron chi connectivity index (χ4n) is 2.90. The number of aryl methyl sites for hydroxylation is 1. The number of halogens is 1. The van der Waals surface area contributed by atoms with Crippen LogP contribution in [0.2, 0.25) is 0 Å². The highest BCUT2D eigenvalue weighted by Crippen LogP contribution is 2.32. The van der Waals surface area contributed by atoms with E-state index >= 15 is 0 Å². The van der Waals surface area contributed by atoms with Crippen molar-refractivity contribution < 1.29 is 9.32 Å². The van der Waals surface area contributed by atoms with Crippen molar-refractivity contribution >= 4 is 27.6 Å². The largest absolute Gasteiger partial charge is 0.361 e. The lowest BCUT2D eigenvalue weighted by atomic mass is 10.1. The van der Waals surface area contributed by atoms with E-state index in [4.69, 9.17) is 4.52 Å². The van der Waals surface area contributed by atoms with Gasteiger partial charge in [0.1, 0.15) is 11.5 Å². The standard InChI is InChI=1S/C17H20BrN3O2/c1-2-4-14-11-15(20-23-14)16-5-3-10-21(16)17(22)19-13-8-6-12(18)7-9-13/h6-9,11,16H,2-5,10H2,1H3,(H,19,22)/t16-/m1/s1. The molecule has 1 aliphatic heterocycles. The van der Waals surface area contributed by atoms with Crippen molar-refractivity contribution in [3.63, 3.8) is 0 Å². The van der Waals surface area contributed by atoms with Crippen LogP contribution in [0.25, 0.3) is 0 Å². The van der Waals surface area contributed by atoms with Gasteiger partial charge in [-0.3, -0.25) is 0 Å². The number of hydrogen-bond donors (Lipinski definition) is 1. The molecular weight excluding hydrogens is 358 g/mol. The van der Waals surface area contributed by atoms with E-state index in [-0.39, 0.29) is 12.1 Å². The minimum absolute atomic E-state index is 0.000181. The molecule has 1 aliphatic rings. The van der Waals surface area contributed by atoms with Crippen LogP contribution in [-0.2, 0) is 6.42 Å². The SMILES string of the molecule is CCCc1cc([C@H]2CCCN2C(=O)Nc2ccc(Br)cc2)no1. The van der Waals surface area contributed by atoms with Gasteiger partial charge in [-0.2, -0.15) is 0 Å². The van der Waals surface area contributed by atoms with E-state index in [9.17, 15) is 4.79 Å². The first-order valence-electron chi connectivity index (χ1n) is 7.96. The molecule has 3 rings (SSSR count). The predicted molar refractivity (Wildman–Crippen MR) is 92.3 cm³/mol. The summed E-state index contributed by atoms with van der Waals surface area (Å²) in [6, 6.07) is 9.47. The highest BCUT2D eigenvalue weighted by Gasteiger charge is 2.32. The van der Waals surface area contributed by atoms with Gasteiger partial charge in [0.25, 0.3) is 0 Å². The molecule has 1 atom stereocenters. The Hall–Kier alpha value is -1.82. The van der Waals surface area contributed by atoms with Crippen molar-refractivity contribution in [3.05, 3.63) is 46.3 Å². The van der Waals surface area contributed by atoms with Gasteiger partial charge in [0.05, 0.1) is 6.04 Å². The average molecular weight is 378 g/mol. The number of nitrogens with zero attached hydrogens (tertiary/aromatic N) is 2. The first-order valence-corrected chi connectivity index (χ1v) is 8.75. The Morgan fingerprint density at radius 2 is 2.22 bits per heavy atom. The van der Waals surface area contributed by atoms with Gasteiger partial charge in [-0.25, -0.2) is 4.79 Å². The van der Waals surface area contributed by atoms with E-state index in [1.54, 1.807) is 0 Å². The molecule has 0 spiro atoms. The molecule has 0 radical (unpaired) electrons. The second-order valence-corrected chi connectivity index (χ2v) is 6.67. The van der Waals surface area contributed by atoms with Gasteiger partial charge in [0.15, 0.2) is 0 Å². The quantitative estimate of drug-likeness (QED) is 0.835. The number of urea groups is 1. The Morgan fingerprint density at radius 3 is 2.96 bits per heavy atom. The van der Waals surface area contributed by atoms with Gasteiger partial charge in [-0.15, -0.1) is 0 Å². The number of hydrogen-bond acceptors (Lipinski definition) is 3. The molecule has 1 N–H and O–H groups in total. The molecular formula is C17H20BrN3O2. The molecule has 1 saturated heterocycles. The average Bonchev–Trinajstić information content (AvgIpc) is 3.18. The molecule has 23 heavy (non-hydrogen) atoms. The van der Waals surface area contributed by atoms with Crippen molar-refractivity contribution in [3.8, 4) is 0 Å². The van der Waals surface area contributed by atoms with Crippen LogP contribution in [0.3, 0.4) is 0 Å². The number of anilines is 1. The predicted octanol–water partition coefficient (Wildman–Crippen LogP) is 4.76. The summed E-state index contributed by atoms with van der Waals surface area (Å²) in [7, 11) is 0. The van der Waals surface area contributed by atoms with Gasteiger partial charge < -0.3 is 14.7 Å². The molecule has 5 nitrogen and oxygen atoms in total. The molecule has 0 unspecified atom stereocenters. The summed E-state index contributed by atoms with van der Waals surface area (Å²) < 4.78 is 6.35. The first kappa shape index (κ1) is 16.1. The highest BCUT2D eigenvalue weighted by atomic mass is 79.9. The molecule has 1 fully saturated rings. The second-order valence-electron chi connectivity index (χ2n) is 5.76. The van der Waals surface area contributed by atoms with E-state index in [1.165, 1.54) is 0 Å². The number of aromatic nitrogens is 1. The van der Waals surface area contributed by atoms with Crippen LogP contribution in [0.15, 0.2) is 39.3 Å². The third-order valence-corrected chi connectivity index (χ3v) is 4.55. The molecule has 0 aliphatic carbocycles. The fourth-order valence-corrected chi connectivity index (χ4v) is 3.16. The first-order chi connectivity index (χ1) is 11.2. The van der Waals surface area contributed by atoms with Crippen LogP contribution in [0.5, 0.6) is 0 Å². The van der Waals surface area contributed by atoms with E-state index in [2.05, 4.69) is 33.3 Å². The summed E-state index contributed by atoms with van der Waals surface area (Å²) in [4.78, 5) is 14.4. The summed E-state index contributed by atoms with van der Waals surface area (Å²) >= 11 is 3.39. The number of carbonyl (C=O) groups excluding carboxylic acids is 1. The number of rotatable bonds is 4. The van der Waals surface area contributed by atoms with Gasteiger partial charge in [-0.1, -0.05) is 28.0 Å². The number of carbonyl (C=O) groups is 1. The molecule has 6 heteroatoms. The number of likely N-dealkylation sites (tertiary alicyclic amines) is 1. The maximum atomic E-state index is 12.6. The van der Waals surface area contributed by atoms with Crippen LogP contribution in [0, 0.1) is 0 Å². The molecule has 2 heterocycles. The van der Waals surface area contributed by atoms with Crippen LogP contribution < -0.4 is 5.32 Å². The minimum Gasteiger partial charge on any atom is -0.361 e. The third-order valence-electron chi connectivity index (χ3n) is 4.02. The van der Waals surface area contributed by atoms with Crippen molar-refractivity contribution in [1.29, 1.82) is 0 Å². The normalized spacial score (nSPS) is 17.5. The molecule has 0 saturated carbocycles. The molecule has 2 amide bonds. The maximum absolute atomic E-state index is 12.6. The molecule has 0 bridgehead atoms. The molecule has 122 valence electrons. The lowest BCUT2D eigenvalue weighted by molar-refractivity contribution is 0.204.